The van der Waals surface area contributed by atoms with Gasteiger partial charge in [0.2, 0.25) is 0 Å². The molecule has 0 saturated heterocycles. The lowest BCUT2D eigenvalue weighted by atomic mass is 10.2. The molecule has 0 aliphatic heterocycles. The van der Waals surface area contributed by atoms with Gasteiger partial charge in [-0.2, -0.15) is 0 Å². The van der Waals surface area contributed by atoms with E-state index in [1.54, 1.807) is 12.5 Å². The lowest BCUT2D eigenvalue weighted by Gasteiger charge is -2.06. The second-order valence-electron chi connectivity index (χ2n) is 3.67. The SMILES string of the molecule is O=[N+]([O-])c1ccc(F)cc1NCCc1cnc[nH]1. The number of nitro groups is 1. The molecule has 1 aromatic heterocycles. The molecular weight excluding hydrogens is 239 g/mol. The summed E-state index contributed by atoms with van der Waals surface area (Å²) in [7, 11) is 0. The van der Waals surface area contributed by atoms with Crippen LogP contribution in [0.5, 0.6) is 0 Å². The van der Waals surface area contributed by atoms with Gasteiger partial charge in [0.15, 0.2) is 0 Å². The van der Waals surface area contributed by atoms with Gasteiger partial charge < -0.3 is 10.3 Å². The highest BCUT2D eigenvalue weighted by atomic mass is 19.1. The number of aromatic amines is 1. The summed E-state index contributed by atoms with van der Waals surface area (Å²) in [5, 5.41) is 13.6. The maximum atomic E-state index is 13.0. The average Bonchev–Trinajstić information content (AvgIpc) is 2.82. The largest absolute Gasteiger partial charge is 0.379 e. The molecule has 0 radical (unpaired) electrons. The zero-order valence-electron chi connectivity index (χ0n) is 9.39. The number of rotatable bonds is 5. The highest BCUT2D eigenvalue weighted by molar-refractivity contribution is 5.61. The molecular formula is C11H11FN4O2. The predicted octanol–water partition coefficient (Wildman–Crippen LogP) is 2.11. The molecule has 2 aromatic rings. The third-order valence-corrected chi connectivity index (χ3v) is 2.42. The summed E-state index contributed by atoms with van der Waals surface area (Å²) >= 11 is 0. The number of imidazole rings is 1. The summed E-state index contributed by atoms with van der Waals surface area (Å²) in [6.07, 6.45) is 3.84. The highest BCUT2D eigenvalue weighted by Gasteiger charge is 2.13. The third kappa shape index (κ3) is 2.82. The van der Waals surface area contributed by atoms with Crippen molar-refractivity contribution < 1.29 is 9.31 Å². The number of hydrogen-bond donors (Lipinski definition) is 2. The van der Waals surface area contributed by atoms with E-state index in [9.17, 15) is 14.5 Å². The van der Waals surface area contributed by atoms with Crippen molar-refractivity contribution in [3.63, 3.8) is 0 Å². The van der Waals surface area contributed by atoms with Gasteiger partial charge in [0.05, 0.1) is 11.3 Å². The van der Waals surface area contributed by atoms with Crippen LogP contribution < -0.4 is 5.32 Å². The number of anilines is 1. The standard InChI is InChI=1S/C11H11FN4O2/c12-8-1-2-11(16(17)18)10(5-8)14-4-3-9-6-13-7-15-9/h1-2,5-7,14H,3-4H2,(H,13,15). The average molecular weight is 250 g/mol. The van der Waals surface area contributed by atoms with Crippen LogP contribution in [0.4, 0.5) is 15.8 Å². The molecule has 0 aliphatic carbocycles. The van der Waals surface area contributed by atoms with Gasteiger partial charge in [0.25, 0.3) is 5.69 Å². The molecule has 18 heavy (non-hydrogen) atoms. The Morgan fingerprint density at radius 1 is 1.50 bits per heavy atom. The van der Waals surface area contributed by atoms with E-state index in [-0.39, 0.29) is 11.4 Å². The molecule has 0 aliphatic rings. The molecule has 2 rings (SSSR count). The Morgan fingerprint density at radius 3 is 3.00 bits per heavy atom. The molecule has 2 N–H and O–H groups in total. The van der Waals surface area contributed by atoms with E-state index >= 15 is 0 Å². The van der Waals surface area contributed by atoms with E-state index in [2.05, 4.69) is 15.3 Å². The van der Waals surface area contributed by atoms with Gasteiger partial charge in [-0.1, -0.05) is 0 Å². The van der Waals surface area contributed by atoms with Gasteiger partial charge in [-0.05, 0) is 6.07 Å². The van der Waals surface area contributed by atoms with Crippen LogP contribution in [0, 0.1) is 15.9 Å². The molecule has 0 atom stereocenters. The first-order valence-electron chi connectivity index (χ1n) is 5.32. The number of H-pyrrole nitrogens is 1. The van der Waals surface area contributed by atoms with E-state index < -0.39 is 10.7 Å². The summed E-state index contributed by atoms with van der Waals surface area (Å²) in [5.74, 6) is -0.510. The van der Waals surface area contributed by atoms with Crippen LogP contribution in [0.3, 0.4) is 0 Å². The molecule has 1 aromatic carbocycles. The van der Waals surface area contributed by atoms with E-state index in [4.69, 9.17) is 0 Å². The maximum Gasteiger partial charge on any atom is 0.292 e. The molecule has 94 valence electrons. The van der Waals surface area contributed by atoms with Gasteiger partial charge in [-0.25, -0.2) is 9.37 Å². The van der Waals surface area contributed by atoms with Crippen LogP contribution in [-0.2, 0) is 6.42 Å². The first kappa shape index (κ1) is 12.0. The fraction of sp³-hybridized carbons (Fsp3) is 0.182. The molecule has 0 amide bonds. The van der Waals surface area contributed by atoms with Crippen LogP contribution >= 0.6 is 0 Å². The Hall–Kier alpha value is -2.44. The number of halogens is 1. The Labute approximate surface area is 102 Å². The highest BCUT2D eigenvalue weighted by Crippen LogP contribution is 2.24. The van der Waals surface area contributed by atoms with E-state index in [1.165, 1.54) is 0 Å². The summed E-state index contributed by atoms with van der Waals surface area (Å²) in [6, 6.07) is 3.33. The minimum atomic E-state index is -0.544. The second kappa shape index (κ2) is 5.26. The van der Waals surface area contributed by atoms with E-state index in [1.807, 2.05) is 0 Å². The Bertz CT molecular complexity index is 542. The van der Waals surface area contributed by atoms with E-state index in [0.29, 0.717) is 13.0 Å². The van der Waals surface area contributed by atoms with Crippen molar-refractivity contribution in [1.82, 2.24) is 9.97 Å². The van der Waals surface area contributed by atoms with Gasteiger partial charge in [-0.15, -0.1) is 0 Å². The topological polar surface area (TPSA) is 83.8 Å². The molecule has 6 nitrogen and oxygen atoms in total. The summed E-state index contributed by atoms with van der Waals surface area (Å²) < 4.78 is 13.0. The minimum Gasteiger partial charge on any atom is -0.379 e. The van der Waals surface area contributed by atoms with Crippen LogP contribution in [0.15, 0.2) is 30.7 Å². The number of aromatic nitrogens is 2. The fourth-order valence-corrected chi connectivity index (χ4v) is 1.56. The van der Waals surface area contributed by atoms with E-state index in [0.717, 1.165) is 23.9 Å². The molecule has 0 saturated carbocycles. The Balaban J connectivity index is 2.03. The molecule has 0 fully saturated rings. The zero-order valence-corrected chi connectivity index (χ0v) is 9.39. The monoisotopic (exact) mass is 250 g/mol. The predicted molar refractivity (Wildman–Crippen MR) is 63.8 cm³/mol. The van der Waals surface area contributed by atoms with Gasteiger partial charge in [-0.3, -0.25) is 10.1 Å². The van der Waals surface area contributed by atoms with Gasteiger partial charge in [0.1, 0.15) is 11.5 Å². The number of nitro benzene ring substituents is 1. The van der Waals surface area contributed by atoms with Crippen LogP contribution in [0.25, 0.3) is 0 Å². The van der Waals surface area contributed by atoms with Crippen molar-refractivity contribution in [2.45, 2.75) is 6.42 Å². The number of nitrogens with zero attached hydrogens (tertiary/aromatic N) is 2. The first-order valence-corrected chi connectivity index (χ1v) is 5.32. The van der Waals surface area contributed by atoms with Crippen molar-refractivity contribution in [1.29, 1.82) is 0 Å². The summed E-state index contributed by atoms with van der Waals surface area (Å²) in [4.78, 5) is 17.0. The van der Waals surface area contributed by atoms with Crippen molar-refractivity contribution in [2.24, 2.45) is 0 Å². The molecule has 7 heteroatoms. The maximum absolute atomic E-state index is 13.0. The minimum absolute atomic E-state index is 0.138. The van der Waals surface area contributed by atoms with Crippen LogP contribution in [0.1, 0.15) is 5.69 Å². The van der Waals surface area contributed by atoms with Crippen molar-refractivity contribution >= 4 is 11.4 Å². The van der Waals surface area contributed by atoms with Crippen LogP contribution in [0.2, 0.25) is 0 Å². The molecule has 0 unspecified atom stereocenters. The number of hydrogen-bond acceptors (Lipinski definition) is 4. The summed E-state index contributed by atoms with van der Waals surface area (Å²) in [6.45, 7) is 0.451. The van der Waals surface area contributed by atoms with Crippen LogP contribution in [-0.4, -0.2) is 21.4 Å². The van der Waals surface area contributed by atoms with Gasteiger partial charge >= 0.3 is 0 Å². The first-order chi connectivity index (χ1) is 8.66. The fourth-order valence-electron chi connectivity index (χ4n) is 1.56. The smallest absolute Gasteiger partial charge is 0.292 e. The molecule has 1 heterocycles. The Morgan fingerprint density at radius 2 is 2.33 bits per heavy atom. The quantitative estimate of drug-likeness (QED) is 0.628. The van der Waals surface area contributed by atoms with Crippen molar-refractivity contribution in [3.8, 4) is 0 Å². The van der Waals surface area contributed by atoms with Gasteiger partial charge in [0, 0.05) is 37.0 Å². The zero-order chi connectivity index (χ0) is 13.0. The number of benzene rings is 1. The molecule has 0 bridgehead atoms. The third-order valence-electron chi connectivity index (χ3n) is 2.42. The second-order valence-corrected chi connectivity index (χ2v) is 3.67. The lowest BCUT2D eigenvalue weighted by molar-refractivity contribution is -0.384. The van der Waals surface area contributed by atoms with Crippen molar-refractivity contribution in [2.75, 3.05) is 11.9 Å². The number of nitrogens with one attached hydrogen (secondary N) is 2. The molecule has 0 spiro atoms. The normalized spacial score (nSPS) is 10.3. The lowest BCUT2D eigenvalue weighted by Crippen LogP contribution is -2.07. The van der Waals surface area contributed by atoms with Crippen molar-refractivity contribution in [3.05, 3.63) is 52.3 Å². The Kier molecular flexibility index (Phi) is 3.52. The summed E-state index contributed by atoms with van der Waals surface area (Å²) in [5.41, 5.74) is 0.946.